The molecule has 0 aromatic carbocycles. The fourth-order valence-corrected chi connectivity index (χ4v) is 0.478. The van der Waals surface area contributed by atoms with Crippen LogP contribution < -0.4 is 5.73 Å². The molecule has 7 nitrogen and oxygen atoms in total. The first-order chi connectivity index (χ1) is 4.63. The number of nitrogen functional groups attached to an aromatic ring is 1. The highest BCUT2D eigenvalue weighted by molar-refractivity contribution is 7.09. The van der Waals surface area contributed by atoms with Gasteiger partial charge in [0, 0.05) is 11.5 Å². The number of rotatable bonds is 0. The number of nitrogens with two attached hydrogens (primary N) is 1. The largest absolute Gasteiger partial charge is 0.374 e. The topological polar surface area (TPSA) is 115 Å². The van der Waals surface area contributed by atoms with Crippen LogP contribution in [-0.4, -0.2) is 19.7 Å². The molecule has 1 rings (SSSR count). The number of hydrogen-bond acceptors (Lipinski definition) is 6. The Morgan fingerprint density at radius 1 is 1.90 bits per heavy atom. The molecule has 0 amide bonds. The third kappa shape index (κ3) is 6.56. The maximum atomic E-state index is 8.36. The highest BCUT2D eigenvalue weighted by atomic mass is 32.1. The molecule has 0 saturated heterocycles. The van der Waals surface area contributed by atoms with Crippen LogP contribution in [0.4, 0.5) is 5.13 Å². The van der Waals surface area contributed by atoms with Gasteiger partial charge in [-0.2, -0.15) is 4.37 Å². The summed E-state index contributed by atoms with van der Waals surface area (Å²) in [5.74, 6) is 0. The molecule has 1 aromatic rings. The van der Waals surface area contributed by atoms with Crippen LogP contribution in [0, 0.1) is 10.1 Å². The SMILES string of the molecule is Nc1ncns1.O=[N+]([O-])O. The smallest absolute Gasteiger partial charge is 0.291 e. The molecule has 0 bridgehead atoms. The van der Waals surface area contributed by atoms with E-state index < -0.39 is 5.09 Å². The van der Waals surface area contributed by atoms with Crippen molar-refractivity contribution in [2.75, 3.05) is 5.73 Å². The summed E-state index contributed by atoms with van der Waals surface area (Å²) in [4.78, 5) is 12.0. The van der Waals surface area contributed by atoms with E-state index >= 15 is 0 Å². The van der Waals surface area contributed by atoms with Crippen LogP contribution >= 0.6 is 11.5 Å². The summed E-state index contributed by atoms with van der Waals surface area (Å²) >= 11 is 1.19. The van der Waals surface area contributed by atoms with Crippen LogP contribution in [-0.2, 0) is 0 Å². The lowest BCUT2D eigenvalue weighted by Crippen LogP contribution is -1.81. The lowest BCUT2D eigenvalue weighted by molar-refractivity contribution is -0.742. The molecule has 0 saturated carbocycles. The van der Waals surface area contributed by atoms with E-state index in [1.54, 1.807) is 0 Å². The van der Waals surface area contributed by atoms with Crippen molar-refractivity contribution in [1.29, 1.82) is 0 Å². The second-order valence-corrected chi connectivity index (χ2v) is 1.83. The summed E-state index contributed by atoms with van der Waals surface area (Å²) < 4.78 is 3.63. The number of hydrogen-bond donors (Lipinski definition) is 2. The molecular weight excluding hydrogens is 160 g/mol. The Bertz CT molecular complexity index is 182. The zero-order valence-electron chi connectivity index (χ0n) is 4.67. The van der Waals surface area contributed by atoms with Crippen molar-refractivity contribution in [3.05, 3.63) is 16.4 Å². The Labute approximate surface area is 59.4 Å². The molecular formula is C2H4N4O3S. The second kappa shape index (κ2) is 4.44. The quantitative estimate of drug-likeness (QED) is 0.404. The van der Waals surface area contributed by atoms with Crippen LogP contribution in [0.25, 0.3) is 0 Å². The van der Waals surface area contributed by atoms with Crippen molar-refractivity contribution in [1.82, 2.24) is 9.36 Å². The highest BCUT2D eigenvalue weighted by Gasteiger charge is 1.78. The average molecular weight is 164 g/mol. The Kier molecular flexibility index (Phi) is 3.80. The van der Waals surface area contributed by atoms with Crippen molar-refractivity contribution >= 4 is 16.7 Å². The van der Waals surface area contributed by atoms with Crippen molar-refractivity contribution < 1.29 is 10.3 Å². The minimum atomic E-state index is -1.50. The minimum absolute atomic E-state index is 0.523. The van der Waals surface area contributed by atoms with Gasteiger partial charge in [0.15, 0.2) is 5.13 Å². The van der Waals surface area contributed by atoms with Crippen LogP contribution in [0.3, 0.4) is 0 Å². The normalized spacial score (nSPS) is 7.60. The summed E-state index contributed by atoms with van der Waals surface area (Å²) in [6.07, 6.45) is 1.43. The molecule has 0 aliphatic rings. The van der Waals surface area contributed by atoms with Crippen LogP contribution in [0.1, 0.15) is 0 Å². The van der Waals surface area contributed by atoms with Gasteiger partial charge in [-0.15, -0.1) is 10.1 Å². The Balaban J connectivity index is 0.000000180. The fourth-order valence-electron chi connectivity index (χ4n) is 0.182. The standard InChI is InChI=1S/C2H3N3S.HNO3/c3-2-4-1-5-6-2;2-1(3)4/h1H,(H2,3,4,5);(H,2,3,4). The van der Waals surface area contributed by atoms with Gasteiger partial charge in [0.05, 0.1) is 0 Å². The molecule has 8 heteroatoms. The van der Waals surface area contributed by atoms with E-state index in [1.807, 2.05) is 0 Å². The molecule has 3 N–H and O–H groups in total. The summed E-state index contributed by atoms with van der Waals surface area (Å²) in [6, 6.07) is 0. The molecule has 0 aliphatic heterocycles. The first-order valence-electron chi connectivity index (χ1n) is 1.98. The molecule has 1 heterocycles. The van der Waals surface area contributed by atoms with E-state index in [0.717, 1.165) is 0 Å². The molecule has 0 aliphatic carbocycles. The zero-order chi connectivity index (χ0) is 7.98. The zero-order valence-corrected chi connectivity index (χ0v) is 5.48. The third-order valence-corrected chi connectivity index (χ3v) is 0.871. The predicted molar refractivity (Wildman–Crippen MR) is 33.1 cm³/mol. The van der Waals surface area contributed by atoms with Crippen LogP contribution in [0.5, 0.6) is 0 Å². The predicted octanol–water partition coefficient (Wildman–Crippen LogP) is -0.227. The number of aromatic nitrogens is 2. The van der Waals surface area contributed by atoms with E-state index in [2.05, 4.69) is 9.36 Å². The highest BCUT2D eigenvalue weighted by Crippen LogP contribution is 1.96. The molecule has 0 fully saturated rings. The lowest BCUT2D eigenvalue weighted by Gasteiger charge is -1.64. The first-order valence-corrected chi connectivity index (χ1v) is 2.75. The third-order valence-electron chi connectivity index (χ3n) is 0.378. The molecule has 56 valence electrons. The first kappa shape index (κ1) is 8.56. The Morgan fingerprint density at radius 3 is 2.50 bits per heavy atom. The van der Waals surface area contributed by atoms with E-state index in [9.17, 15) is 0 Å². The summed E-state index contributed by atoms with van der Waals surface area (Å²) in [5.41, 5.74) is 5.12. The van der Waals surface area contributed by atoms with Crippen molar-refractivity contribution in [2.45, 2.75) is 0 Å². The molecule has 10 heavy (non-hydrogen) atoms. The summed E-state index contributed by atoms with van der Waals surface area (Å²) in [5, 5.41) is 14.2. The van der Waals surface area contributed by atoms with Gasteiger partial charge in [-0.1, -0.05) is 0 Å². The average Bonchev–Trinajstić information content (AvgIpc) is 2.15. The maximum absolute atomic E-state index is 8.36. The van der Waals surface area contributed by atoms with Gasteiger partial charge in [0.1, 0.15) is 6.33 Å². The van der Waals surface area contributed by atoms with Gasteiger partial charge in [-0.05, 0) is 0 Å². The van der Waals surface area contributed by atoms with Gasteiger partial charge in [-0.3, -0.25) is 0 Å². The molecule has 0 atom stereocenters. The van der Waals surface area contributed by atoms with Gasteiger partial charge >= 0.3 is 0 Å². The molecule has 1 aromatic heterocycles. The Morgan fingerprint density at radius 2 is 2.40 bits per heavy atom. The van der Waals surface area contributed by atoms with E-state index in [4.69, 9.17) is 21.1 Å². The molecule has 0 radical (unpaired) electrons. The summed E-state index contributed by atoms with van der Waals surface area (Å²) in [7, 11) is 0. The van der Waals surface area contributed by atoms with Gasteiger partial charge in [0.2, 0.25) is 0 Å². The Hall–Kier alpha value is -1.44. The second-order valence-electron chi connectivity index (χ2n) is 1.02. The van der Waals surface area contributed by atoms with Crippen molar-refractivity contribution in [3.8, 4) is 0 Å². The molecule has 0 spiro atoms. The number of nitrogens with zero attached hydrogens (tertiary/aromatic N) is 3. The van der Waals surface area contributed by atoms with Crippen LogP contribution in [0.15, 0.2) is 6.33 Å². The lowest BCUT2D eigenvalue weighted by atomic mass is 11.2. The summed E-state index contributed by atoms with van der Waals surface area (Å²) in [6.45, 7) is 0. The van der Waals surface area contributed by atoms with E-state index in [-0.39, 0.29) is 0 Å². The van der Waals surface area contributed by atoms with Crippen molar-refractivity contribution in [3.63, 3.8) is 0 Å². The van der Waals surface area contributed by atoms with E-state index in [1.165, 1.54) is 17.9 Å². The number of anilines is 1. The van der Waals surface area contributed by atoms with Crippen molar-refractivity contribution in [2.24, 2.45) is 0 Å². The minimum Gasteiger partial charge on any atom is -0.374 e. The van der Waals surface area contributed by atoms with Gasteiger partial charge < -0.3 is 10.9 Å². The van der Waals surface area contributed by atoms with E-state index in [0.29, 0.717) is 5.13 Å². The maximum Gasteiger partial charge on any atom is 0.291 e. The van der Waals surface area contributed by atoms with Crippen LogP contribution in [0.2, 0.25) is 0 Å². The molecule has 0 unspecified atom stereocenters. The fraction of sp³-hybridized carbons (Fsp3) is 0. The van der Waals surface area contributed by atoms with Gasteiger partial charge in [0.25, 0.3) is 5.09 Å². The van der Waals surface area contributed by atoms with Gasteiger partial charge in [-0.25, -0.2) is 4.98 Å². The monoisotopic (exact) mass is 164 g/mol.